The Morgan fingerprint density at radius 3 is 3.00 bits per heavy atom. The molecule has 3 heteroatoms. The van der Waals surface area contributed by atoms with E-state index in [1.807, 2.05) is 18.2 Å². The van der Waals surface area contributed by atoms with Crippen LogP contribution in [0.2, 0.25) is 0 Å². The first-order valence-corrected chi connectivity index (χ1v) is 5.94. The monoisotopic (exact) mass is 231 g/mol. The van der Waals surface area contributed by atoms with Gasteiger partial charge in [0.15, 0.2) is 11.5 Å². The Labute approximate surface area is 102 Å². The van der Waals surface area contributed by atoms with Crippen molar-refractivity contribution >= 4 is 0 Å². The van der Waals surface area contributed by atoms with Gasteiger partial charge in [-0.2, -0.15) is 0 Å². The van der Waals surface area contributed by atoms with Crippen LogP contribution in [0.5, 0.6) is 11.5 Å². The largest absolute Gasteiger partial charge is 0.454 e. The van der Waals surface area contributed by atoms with Crippen molar-refractivity contribution in [2.45, 2.75) is 32.2 Å². The fraction of sp³-hybridized carbons (Fsp3) is 0.429. The first-order chi connectivity index (χ1) is 8.31. The molecular weight excluding hydrogens is 214 g/mol. The Bertz CT molecular complexity index is 445. The summed E-state index contributed by atoms with van der Waals surface area (Å²) < 4.78 is 10.6. The molecule has 1 atom stereocenters. The minimum Gasteiger partial charge on any atom is -0.454 e. The van der Waals surface area contributed by atoms with E-state index in [1.165, 1.54) is 0 Å². The summed E-state index contributed by atoms with van der Waals surface area (Å²) in [5, 5.41) is 0. The van der Waals surface area contributed by atoms with Crippen LogP contribution in [0, 0.1) is 11.8 Å². The quantitative estimate of drug-likeness (QED) is 0.642. The number of ether oxygens (including phenoxy) is 2. The fourth-order valence-corrected chi connectivity index (χ4v) is 1.64. The maximum atomic E-state index is 6.00. The van der Waals surface area contributed by atoms with E-state index in [9.17, 15) is 0 Å². The molecule has 2 rings (SSSR count). The molecule has 1 unspecified atom stereocenters. The molecule has 1 aliphatic heterocycles. The first kappa shape index (κ1) is 11.8. The lowest BCUT2D eigenvalue weighted by Crippen LogP contribution is -2.07. The van der Waals surface area contributed by atoms with E-state index < -0.39 is 0 Å². The summed E-state index contributed by atoms with van der Waals surface area (Å²) in [6.45, 7) is 2.44. The Hall–Kier alpha value is -1.66. The van der Waals surface area contributed by atoms with Crippen LogP contribution >= 0.6 is 0 Å². The van der Waals surface area contributed by atoms with Crippen LogP contribution in [-0.2, 0) is 0 Å². The van der Waals surface area contributed by atoms with Crippen LogP contribution in [0.3, 0.4) is 0 Å². The van der Waals surface area contributed by atoms with Gasteiger partial charge in [-0.3, -0.25) is 0 Å². The fourth-order valence-electron chi connectivity index (χ4n) is 1.64. The molecule has 0 amide bonds. The molecular formula is C14H17NO2. The van der Waals surface area contributed by atoms with E-state index in [-0.39, 0.29) is 12.8 Å². The predicted molar refractivity (Wildman–Crippen MR) is 66.8 cm³/mol. The van der Waals surface area contributed by atoms with Gasteiger partial charge in [-0.05, 0) is 24.1 Å². The van der Waals surface area contributed by atoms with Crippen molar-refractivity contribution in [3.63, 3.8) is 0 Å². The molecule has 0 bridgehead atoms. The summed E-state index contributed by atoms with van der Waals surface area (Å²) in [7, 11) is 0. The molecule has 0 aliphatic carbocycles. The molecule has 17 heavy (non-hydrogen) atoms. The van der Waals surface area contributed by atoms with Crippen LogP contribution < -0.4 is 15.2 Å². The zero-order valence-corrected chi connectivity index (χ0v) is 10.0. The van der Waals surface area contributed by atoms with Gasteiger partial charge in [0.2, 0.25) is 6.79 Å². The number of hydrogen-bond acceptors (Lipinski definition) is 3. The average molecular weight is 231 g/mol. The van der Waals surface area contributed by atoms with E-state index in [0.29, 0.717) is 0 Å². The maximum absolute atomic E-state index is 6.00. The molecule has 1 aliphatic rings. The van der Waals surface area contributed by atoms with E-state index in [4.69, 9.17) is 15.2 Å². The summed E-state index contributed by atoms with van der Waals surface area (Å²) in [5.74, 6) is 7.70. The summed E-state index contributed by atoms with van der Waals surface area (Å²) >= 11 is 0. The molecule has 0 saturated carbocycles. The average Bonchev–Trinajstić information content (AvgIpc) is 2.81. The first-order valence-electron chi connectivity index (χ1n) is 5.94. The van der Waals surface area contributed by atoms with Gasteiger partial charge in [0.05, 0.1) is 6.04 Å². The number of rotatable bonds is 3. The van der Waals surface area contributed by atoms with Crippen molar-refractivity contribution in [3.8, 4) is 23.3 Å². The second kappa shape index (κ2) is 5.60. The van der Waals surface area contributed by atoms with Crippen molar-refractivity contribution in [1.29, 1.82) is 0 Å². The second-order valence-corrected chi connectivity index (χ2v) is 4.02. The van der Waals surface area contributed by atoms with Crippen molar-refractivity contribution in [2.75, 3.05) is 6.79 Å². The topological polar surface area (TPSA) is 44.5 Å². The third-order valence-corrected chi connectivity index (χ3v) is 2.67. The highest BCUT2D eigenvalue weighted by Crippen LogP contribution is 2.33. The van der Waals surface area contributed by atoms with Crippen LogP contribution in [0.4, 0.5) is 0 Å². The summed E-state index contributed by atoms with van der Waals surface area (Å²) in [6.07, 6.45) is 3.20. The highest BCUT2D eigenvalue weighted by molar-refractivity contribution is 5.46. The van der Waals surface area contributed by atoms with Gasteiger partial charge in [-0.15, -0.1) is 5.92 Å². The summed E-state index contributed by atoms with van der Waals surface area (Å²) in [4.78, 5) is 0. The van der Waals surface area contributed by atoms with E-state index in [0.717, 1.165) is 36.3 Å². The van der Waals surface area contributed by atoms with Crippen molar-refractivity contribution < 1.29 is 9.47 Å². The van der Waals surface area contributed by atoms with Crippen molar-refractivity contribution in [2.24, 2.45) is 5.73 Å². The molecule has 1 heterocycles. The van der Waals surface area contributed by atoms with Crippen LogP contribution in [0.1, 0.15) is 37.8 Å². The third kappa shape index (κ3) is 2.92. The Morgan fingerprint density at radius 1 is 1.35 bits per heavy atom. The molecule has 1 aromatic rings. The predicted octanol–water partition coefficient (Wildman–Crippen LogP) is 2.61. The van der Waals surface area contributed by atoms with Gasteiger partial charge in [-0.1, -0.05) is 25.3 Å². The Kier molecular flexibility index (Phi) is 3.89. The van der Waals surface area contributed by atoms with Crippen LogP contribution in [0.15, 0.2) is 18.2 Å². The number of nitrogens with two attached hydrogens (primary N) is 1. The highest BCUT2D eigenvalue weighted by Gasteiger charge is 2.14. The molecule has 2 N–H and O–H groups in total. The van der Waals surface area contributed by atoms with Gasteiger partial charge in [-0.25, -0.2) is 0 Å². The lowest BCUT2D eigenvalue weighted by molar-refractivity contribution is 0.174. The number of fused-ring (bicyclic) bond motifs is 1. The molecule has 0 saturated heterocycles. The molecule has 3 nitrogen and oxygen atoms in total. The molecule has 0 aromatic heterocycles. The van der Waals surface area contributed by atoms with Gasteiger partial charge in [0.1, 0.15) is 0 Å². The van der Waals surface area contributed by atoms with Crippen molar-refractivity contribution in [1.82, 2.24) is 0 Å². The third-order valence-electron chi connectivity index (χ3n) is 2.67. The number of hydrogen-bond donors (Lipinski definition) is 1. The smallest absolute Gasteiger partial charge is 0.231 e. The number of unbranched alkanes of at least 4 members (excludes halogenated alkanes) is 2. The maximum Gasteiger partial charge on any atom is 0.231 e. The van der Waals surface area contributed by atoms with Crippen LogP contribution in [0.25, 0.3) is 0 Å². The standard InChI is InChI=1S/C14H17NO2/c1-2-3-4-5-6-12(15)11-7-8-13-14(9-11)17-10-16-13/h7-9,12H,2-4,10,15H2,1H3. The molecule has 0 radical (unpaired) electrons. The lowest BCUT2D eigenvalue weighted by Gasteiger charge is -2.05. The molecule has 90 valence electrons. The second-order valence-electron chi connectivity index (χ2n) is 4.02. The minimum atomic E-state index is -0.249. The Morgan fingerprint density at radius 2 is 2.18 bits per heavy atom. The van der Waals surface area contributed by atoms with Gasteiger partial charge < -0.3 is 15.2 Å². The summed E-state index contributed by atoms with van der Waals surface area (Å²) in [5.41, 5.74) is 6.97. The van der Waals surface area contributed by atoms with E-state index in [2.05, 4.69) is 18.8 Å². The minimum absolute atomic E-state index is 0.249. The molecule has 0 spiro atoms. The summed E-state index contributed by atoms with van der Waals surface area (Å²) in [6, 6.07) is 5.47. The lowest BCUT2D eigenvalue weighted by atomic mass is 10.1. The van der Waals surface area contributed by atoms with Gasteiger partial charge in [0.25, 0.3) is 0 Å². The normalized spacial score (nSPS) is 14.0. The highest BCUT2D eigenvalue weighted by atomic mass is 16.7. The van der Waals surface area contributed by atoms with Crippen molar-refractivity contribution in [3.05, 3.63) is 23.8 Å². The number of benzene rings is 1. The molecule has 0 fully saturated rings. The SMILES string of the molecule is CCCCC#CC(N)c1ccc2c(c1)OCO2. The van der Waals surface area contributed by atoms with Gasteiger partial charge in [0, 0.05) is 6.42 Å². The zero-order chi connectivity index (χ0) is 12.1. The van der Waals surface area contributed by atoms with E-state index in [1.54, 1.807) is 0 Å². The van der Waals surface area contributed by atoms with Crippen LogP contribution in [-0.4, -0.2) is 6.79 Å². The molecule has 1 aromatic carbocycles. The Balaban J connectivity index is 2.03. The van der Waals surface area contributed by atoms with Gasteiger partial charge >= 0.3 is 0 Å². The van der Waals surface area contributed by atoms with E-state index >= 15 is 0 Å². The zero-order valence-electron chi connectivity index (χ0n) is 10.0.